The molecule has 5 heteroatoms. The normalized spacial score (nSPS) is 63.9. The zero-order valence-corrected chi connectivity index (χ0v) is 22.9. The number of hydrogen-bond acceptors (Lipinski definition) is 5. The van der Waals surface area contributed by atoms with E-state index in [1.165, 1.54) is 19.3 Å². The van der Waals surface area contributed by atoms with E-state index in [4.69, 9.17) is 9.47 Å². The molecule has 5 aliphatic carbocycles. The van der Waals surface area contributed by atoms with Crippen LogP contribution in [0, 0.1) is 50.7 Å². The molecule has 2 saturated heterocycles. The van der Waals surface area contributed by atoms with Crippen molar-refractivity contribution in [3.8, 4) is 0 Å². The second-order valence-electron chi connectivity index (χ2n) is 16.0. The first-order valence-corrected chi connectivity index (χ1v) is 14.5. The Morgan fingerprint density at radius 3 is 2.23 bits per heavy atom. The third kappa shape index (κ3) is 2.38. The van der Waals surface area contributed by atoms with Crippen LogP contribution in [-0.2, 0) is 9.47 Å². The molecule has 0 radical (unpaired) electrons. The fraction of sp³-hybridized carbons (Fsp3) is 1.00. The van der Waals surface area contributed by atoms with Gasteiger partial charge in [-0.05, 0) is 98.2 Å². The first-order chi connectivity index (χ1) is 16.1. The molecule has 7 aliphatic rings. The van der Waals surface area contributed by atoms with Crippen molar-refractivity contribution in [2.45, 2.75) is 136 Å². The summed E-state index contributed by atoms with van der Waals surface area (Å²) in [5.41, 5.74) is -0.908. The molecule has 0 amide bonds. The second kappa shape index (κ2) is 6.33. The lowest BCUT2D eigenvalue weighted by Gasteiger charge is -2.64. The molecular weight excluding hydrogens is 440 g/mol. The number of aliphatic hydroxyl groups is 3. The average Bonchev–Trinajstić information content (AvgIpc) is 3.20. The highest BCUT2D eigenvalue weighted by atomic mass is 16.8. The monoisotopic (exact) mass is 488 g/mol. The Balaban J connectivity index is 1.32. The van der Waals surface area contributed by atoms with E-state index >= 15 is 0 Å². The van der Waals surface area contributed by atoms with E-state index in [2.05, 4.69) is 34.6 Å². The Kier molecular flexibility index (Phi) is 4.32. The predicted molar refractivity (Wildman–Crippen MR) is 132 cm³/mol. The summed E-state index contributed by atoms with van der Waals surface area (Å²) in [5.74, 6) is 0.894. The van der Waals surface area contributed by atoms with Gasteiger partial charge in [0.05, 0.1) is 23.9 Å². The number of aliphatic hydroxyl groups excluding tert-OH is 2. The highest BCUT2D eigenvalue weighted by Gasteiger charge is 2.87. The molecule has 2 bridgehead atoms. The van der Waals surface area contributed by atoms with Crippen LogP contribution in [0.15, 0.2) is 0 Å². The van der Waals surface area contributed by atoms with E-state index in [1.807, 2.05) is 13.8 Å². The van der Waals surface area contributed by atoms with Crippen molar-refractivity contribution >= 4 is 0 Å². The Labute approximate surface area is 211 Å². The highest BCUT2D eigenvalue weighted by Crippen LogP contribution is 2.90. The van der Waals surface area contributed by atoms with Crippen molar-refractivity contribution in [2.75, 3.05) is 0 Å². The number of hydrogen-bond donors (Lipinski definition) is 3. The Morgan fingerprint density at radius 2 is 1.54 bits per heavy atom. The molecule has 5 nitrogen and oxygen atoms in total. The maximum absolute atomic E-state index is 12.2. The van der Waals surface area contributed by atoms with Crippen molar-refractivity contribution in [1.82, 2.24) is 0 Å². The summed E-state index contributed by atoms with van der Waals surface area (Å²) < 4.78 is 13.7. The van der Waals surface area contributed by atoms with Gasteiger partial charge in [0.25, 0.3) is 0 Å². The zero-order chi connectivity index (χ0) is 25.2. The molecule has 5 saturated carbocycles. The summed E-state index contributed by atoms with van der Waals surface area (Å²) in [6.07, 6.45) is 7.19. The Bertz CT molecular complexity index is 957. The van der Waals surface area contributed by atoms with E-state index in [9.17, 15) is 15.3 Å². The summed E-state index contributed by atoms with van der Waals surface area (Å²) in [6.45, 7) is 15.4. The summed E-state index contributed by atoms with van der Waals surface area (Å²) >= 11 is 0. The van der Waals surface area contributed by atoms with Crippen LogP contribution in [0.5, 0.6) is 0 Å². The van der Waals surface area contributed by atoms with Crippen LogP contribution in [0.4, 0.5) is 0 Å². The first kappa shape index (κ1) is 23.9. The molecular formula is C30H48O5. The van der Waals surface area contributed by atoms with Crippen LogP contribution in [-0.4, -0.2) is 51.1 Å². The molecule has 198 valence electrons. The molecule has 3 spiro atoms. The van der Waals surface area contributed by atoms with Crippen LogP contribution in [0.1, 0.15) is 99.8 Å². The standard InChI is InChI=1S/C30H48O5/c1-16-12-17-23(25(4,5)33)35-30(34-17)14-26(6)19-9-8-18-24(2,3)20(31)10-11-28(18)15-29(19,28)13-21(32)27(26,7)22(16)30/h16-23,31-33H,8-15H2,1-7H3/t16-,17+,18+,19+,20+,21-,22-,23-,26+,27-,28-,29+,30-/m1/s1. The molecule has 3 N–H and O–H groups in total. The van der Waals surface area contributed by atoms with E-state index in [1.54, 1.807) is 0 Å². The summed E-state index contributed by atoms with van der Waals surface area (Å²) in [6, 6.07) is 0. The largest absolute Gasteiger partial charge is 0.393 e. The minimum Gasteiger partial charge on any atom is -0.393 e. The summed E-state index contributed by atoms with van der Waals surface area (Å²) in [4.78, 5) is 0. The molecule has 0 unspecified atom stereocenters. The molecule has 7 fully saturated rings. The molecule has 7 rings (SSSR count). The van der Waals surface area contributed by atoms with Gasteiger partial charge in [-0.15, -0.1) is 0 Å². The van der Waals surface area contributed by atoms with E-state index in [-0.39, 0.29) is 57.4 Å². The van der Waals surface area contributed by atoms with Crippen LogP contribution in [0.2, 0.25) is 0 Å². The lowest BCUT2D eigenvalue weighted by Crippen LogP contribution is -2.62. The molecule has 0 aromatic rings. The van der Waals surface area contributed by atoms with Gasteiger partial charge >= 0.3 is 0 Å². The Morgan fingerprint density at radius 1 is 0.857 bits per heavy atom. The van der Waals surface area contributed by atoms with Crippen molar-refractivity contribution in [3.63, 3.8) is 0 Å². The van der Waals surface area contributed by atoms with E-state index in [0.717, 1.165) is 32.1 Å². The molecule has 2 heterocycles. The van der Waals surface area contributed by atoms with Crippen molar-refractivity contribution in [3.05, 3.63) is 0 Å². The molecule has 0 aromatic carbocycles. The van der Waals surface area contributed by atoms with Gasteiger partial charge in [-0.1, -0.05) is 34.6 Å². The topological polar surface area (TPSA) is 79.2 Å². The van der Waals surface area contributed by atoms with Crippen molar-refractivity contribution < 1.29 is 24.8 Å². The lowest BCUT2D eigenvalue weighted by atomic mass is 9.41. The zero-order valence-electron chi connectivity index (χ0n) is 22.9. The average molecular weight is 489 g/mol. The van der Waals surface area contributed by atoms with Gasteiger partial charge in [-0.3, -0.25) is 0 Å². The third-order valence-corrected chi connectivity index (χ3v) is 14.1. The number of rotatable bonds is 1. The molecule has 2 aliphatic heterocycles. The van der Waals surface area contributed by atoms with Crippen LogP contribution < -0.4 is 0 Å². The number of fused-ring (bicyclic) bond motifs is 4. The van der Waals surface area contributed by atoms with Gasteiger partial charge in [0.1, 0.15) is 6.10 Å². The minimum absolute atomic E-state index is 0.0545. The van der Waals surface area contributed by atoms with Crippen LogP contribution in [0.25, 0.3) is 0 Å². The first-order valence-electron chi connectivity index (χ1n) is 14.5. The maximum atomic E-state index is 12.2. The van der Waals surface area contributed by atoms with Gasteiger partial charge in [0, 0.05) is 17.8 Å². The van der Waals surface area contributed by atoms with Crippen molar-refractivity contribution in [1.29, 1.82) is 0 Å². The maximum Gasteiger partial charge on any atom is 0.173 e. The van der Waals surface area contributed by atoms with E-state index < -0.39 is 11.4 Å². The lowest BCUT2D eigenvalue weighted by molar-refractivity contribution is -0.255. The van der Waals surface area contributed by atoms with Gasteiger partial charge in [0.15, 0.2) is 5.79 Å². The minimum atomic E-state index is -0.953. The molecule has 0 aromatic heterocycles. The fourth-order valence-electron chi connectivity index (χ4n) is 12.7. The molecule has 13 atom stereocenters. The SMILES string of the molecule is C[C@@H]1C[C@@H]2O[C@]3(C[C@@]4(C)[C@@H]5CC[C@H]6C(C)(C)[C@@H](O)CC[C@@]67C[C@@]57C[C@@H](O)[C@]4(C)[C@@H]13)O[C@H]2C(C)(C)O. The molecule has 35 heavy (non-hydrogen) atoms. The van der Waals surface area contributed by atoms with Crippen molar-refractivity contribution in [2.24, 2.45) is 50.7 Å². The van der Waals surface area contributed by atoms with E-state index in [0.29, 0.717) is 17.8 Å². The fourth-order valence-corrected chi connectivity index (χ4v) is 12.7. The van der Waals surface area contributed by atoms with Crippen LogP contribution in [0.3, 0.4) is 0 Å². The van der Waals surface area contributed by atoms with Gasteiger partial charge in [0.2, 0.25) is 0 Å². The van der Waals surface area contributed by atoms with Crippen LogP contribution >= 0.6 is 0 Å². The van der Waals surface area contributed by atoms with Gasteiger partial charge in [-0.2, -0.15) is 0 Å². The van der Waals surface area contributed by atoms with Gasteiger partial charge < -0.3 is 24.8 Å². The smallest absolute Gasteiger partial charge is 0.173 e. The third-order valence-electron chi connectivity index (χ3n) is 14.1. The Hall–Kier alpha value is -0.200. The second-order valence-corrected chi connectivity index (χ2v) is 16.0. The summed E-state index contributed by atoms with van der Waals surface area (Å²) in [5, 5.41) is 34.1. The quantitative estimate of drug-likeness (QED) is 0.500. The van der Waals surface area contributed by atoms with Gasteiger partial charge in [-0.25, -0.2) is 0 Å². The predicted octanol–water partition coefficient (Wildman–Crippen LogP) is 4.66. The highest BCUT2D eigenvalue weighted by molar-refractivity contribution is 5.34. The summed E-state index contributed by atoms with van der Waals surface area (Å²) in [7, 11) is 0. The number of ether oxygens (including phenoxy) is 2.